The van der Waals surface area contributed by atoms with Crippen LogP contribution in [0.1, 0.15) is 45.6 Å². The lowest BCUT2D eigenvalue weighted by Crippen LogP contribution is -2.49. The van der Waals surface area contributed by atoms with Crippen molar-refractivity contribution in [3.63, 3.8) is 0 Å². The van der Waals surface area contributed by atoms with Gasteiger partial charge >= 0.3 is 0 Å². The zero-order valence-electron chi connectivity index (χ0n) is 20.5. The van der Waals surface area contributed by atoms with Crippen molar-refractivity contribution in [3.05, 3.63) is 64.1 Å². The van der Waals surface area contributed by atoms with Gasteiger partial charge in [-0.1, -0.05) is 48.3 Å². The van der Waals surface area contributed by atoms with Crippen LogP contribution in [0.15, 0.2) is 48.5 Å². The maximum absolute atomic E-state index is 13.3. The van der Waals surface area contributed by atoms with Gasteiger partial charge in [-0.05, 0) is 62.6 Å². The Labute approximate surface area is 218 Å². The molecule has 7 nitrogen and oxygen atoms in total. The standard InChI is InChI=1S/C25H33Cl2N3O4S/c1-5-18(2)28-25(32)19(3)29(17-20-9-6-7-10-23(20)27)24(31)11-8-16-30(35(4,33)34)22-14-12-21(26)13-15-22/h6-7,9-10,12-15,18-19H,5,8,11,16-17H2,1-4H3,(H,28,32)/t18-,19+/m0/s1. The average Bonchev–Trinajstić information content (AvgIpc) is 2.80. The quantitative estimate of drug-likeness (QED) is 0.415. The average molecular weight is 543 g/mol. The van der Waals surface area contributed by atoms with Crippen molar-refractivity contribution in [1.82, 2.24) is 10.2 Å². The van der Waals surface area contributed by atoms with Crippen LogP contribution < -0.4 is 9.62 Å². The molecule has 0 bridgehead atoms. The van der Waals surface area contributed by atoms with E-state index in [2.05, 4.69) is 5.32 Å². The van der Waals surface area contributed by atoms with Gasteiger partial charge in [0, 0.05) is 35.6 Å². The summed E-state index contributed by atoms with van der Waals surface area (Å²) < 4.78 is 26.0. The van der Waals surface area contributed by atoms with Gasteiger partial charge in [-0.2, -0.15) is 0 Å². The summed E-state index contributed by atoms with van der Waals surface area (Å²) in [5.41, 5.74) is 1.20. The second kappa shape index (κ2) is 13.1. The van der Waals surface area contributed by atoms with E-state index >= 15 is 0 Å². The Hall–Kier alpha value is -2.29. The van der Waals surface area contributed by atoms with E-state index in [9.17, 15) is 18.0 Å². The fraction of sp³-hybridized carbons (Fsp3) is 0.440. The van der Waals surface area contributed by atoms with Crippen LogP contribution in [0.25, 0.3) is 0 Å². The number of carbonyl (C=O) groups excluding carboxylic acids is 2. The lowest BCUT2D eigenvalue weighted by atomic mass is 10.1. The van der Waals surface area contributed by atoms with E-state index in [1.165, 1.54) is 9.21 Å². The van der Waals surface area contributed by atoms with Gasteiger partial charge in [-0.3, -0.25) is 13.9 Å². The van der Waals surface area contributed by atoms with Gasteiger partial charge in [0.25, 0.3) is 0 Å². The number of nitrogens with one attached hydrogen (secondary N) is 1. The minimum atomic E-state index is -3.57. The summed E-state index contributed by atoms with van der Waals surface area (Å²) in [5, 5.41) is 3.92. The second-order valence-electron chi connectivity index (χ2n) is 8.52. The van der Waals surface area contributed by atoms with Crippen molar-refractivity contribution < 1.29 is 18.0 Å². The third-order valence-electron chi connectivity index (χ3n) is 5.73. The Kier molecular flexibility index (Phi) is 10.9. The van der Waals surface area contributed by atoms with E-state index in [0.717, 1.165) is 18.2 Å². The molecule has 0 unspecified atom stereocenters. The SMILES string of the molecule is CC[C@H](C)NC(=O)[C@@H](C)N(Cc1ccccc1Cl)C(=O)CCCN(c1ccc(Cl)cc1)S(C)(=O)=O. The number of halogens is 2. The molecule has 192 valence electrons. The lowest BCUT2D eigenvalue weighted by Gasteiger charge is -2.30. The van der Waals surface area contributed by atoms with Crippen LogP contribution >= 0.6 is 23.2 Å². The molecule has 2 aromatic carbocycles. The second-order valence-corrected chi connectivity index (χ2v) is 11.3. The predicted molar refractivity (Wildman–Crippen MR) is 142 cm³/mol. The van der Waals surface area contributed by atoms with Crippen LogP contribution in [0.3, 0.4) is 0 Å². The van der Waals surface area contributed by atoms with Crippen LogP contribution in [0.2, 0.25) is 10.0 Å². The highest BCUT2D eigenvalue weighted by atomic mass is 35.5. The number of nitrogens with zero attached hydrogens (tertiary/aromatic N) is 2. The fourth-order valence-electron chi connectivity index (χ4n) is 3.47. The van der Waals surface area contributed by atoms with Gasteiger partial charge in [0.15, 0.2) is 0 Å². The van der Waals surface area contributed by atoms with Crippen LogP contribution in [0.5, 0.6) is 0 Å². The van der Waals surface area contributed by atoms with Crippen molar-refractivity contribution in [2.75, 3.05) is 17.1 Å². The van der Waals surface area contributed by atoms with E-state index in [-0.39, 0.29) is 43.8 Å². The molecular weight excluding hydrogens is 509 g/mol. The lowest BCUT2D eigenvalue weighted by molar-refractivity contribution is -0.140. The smallest absolute Gasteiger partial charge is 0.242 e. The minimum Gasteiger partial charge on any atom is -0.352 e. The first kappa shape index (κ1) is 28.9. The van der Waals surface area contributed by atoms with E-state index in [4.69, 9.17) is 23.2 Å². The summed E-state index contributed by atoms with van der Waals surface area (Å²) in [6.45, 7) is 5.83. The highest BCUT2D eigenvalue weighted by Crippen LogP contribution is 2.22. The highest BCUT2D eigenvalue weighted by Gasteiger charge is 2.27. The number of hydrogen-bond acceptors (Lipinski definition) is 4. The molecule has 2 amide bonds. The molecule has 0 aliphatic rings. The summed E-state index contributed by atoms with van der Waals surface area (Å²) in [6.07, 6.45) is 2.22. The molecule has 0 saturated heterocycles. The largest absolute Gasteiger partial charge is 0.352 e. The van der Waals surface area contributed by atoms with Gasteiger partial charge in [0.2, 0.25) is 21.8 Å². The summed E-state index contributed by atoms with van der Waals surface area (Å²) in [6, 6.07) is 12.9. The first-order valence-electron chi connectivity index (χ1n) is 11.5. The number of benzene rings is 2. The van der Waals surface area contributed by atoms with Crippen molar-refractivity contribution in [2.45, 2.75) is 58.7 Å². The number of amides is 2. The predicted octanol–water partition coefficient (Wildman–Crippen LogP) is 4.87. The number of hydrogen-bond donors (Lipinski definition) is 1. The Morgan fingerprint density at radius 1 is 1.03 bits per heavy atom. The van der Waals surface area contributed by atoms with Crippen LogP contribution in [-0.2, 0) is 26.2 Å². The number of anilines is 1. The van der Waals surface area contributed by atoms with Crippen LogP contribution in [0, 0.1) is 0 Å². The number of sulfonamides is 1. The van der Waals surface area contributed by atoms with E-state index < -0.39 is 16.1 Å². The first-order chi connectivity index (χ1) is 16.4. The van der Waals surface area contributed by atoms with Crippen molar-refractivity contribution >= 4 is 50.7 Å². The molecule has 10 heteroatoms. The molecule has 0 saturated carbocycles. The fourth-order valence-corrected chi connectivity index (χ4v) is 4.76. The van der Waals surface area contributed by atoms with Crippen LogP contribution in [-0.4, -0.2) is 50.0 Å². The van der Waals surface area contributed by atoms with Crippen molar-refractivity contribution in [3.8, 4) is 0 Å². The summed E-state index contributed by atoms with van der Waals surface area (Å²) in [5.74, 6) is -0.514. The third kappa shape index (κ3) is 8.70. The Morgan fingerprint density at radius 2 is 1.66 bits per heavy atom. The van der Waals surface area contributed by atoms with Gasteiger partial charge in [-0.15, -0.1) is 0 Å². The summed E-state index contributed by atoms with van der Waals surface area (Å²) in [4.78, 5) is 27.6. The molecule has 0 spiro atoms. The normalized spacial score (nSPS) is 13.1. The van der Waals surface area contributed by atoms with Gasteiger partial charge in [-0.25, -0.2) is 8.42 Å². The molecule has 0 radical (unpaired) electrons. The van der Waals surface area contributed by atoms with E-state index in [1.807, 2.05) is 26.0 Å². The zero-order valence-corrected chi connectivity index (χ0v) is 22.8. The first-order valence-corrected chi connectivity index (χ1v) is 14.1. The molecule has 0 heterocycles. The monoisotopic (exact) mass is 541 g/mol. The Morgan fingerprint density at radius 3 is 2.23 bits per heavy atom. The Bertz CT molecular complexity index is 1110. The Balaban J connectivity index is 2.18. The maximum Gasteiger partial charge on any atom is 0.242 e. The molecule has 0 aromatic heterocycles. The summed E-state index contributed by atoms with van der Waals surface area (Å²) in [7, 11) is -3.57. The van der Waals surface area contributed by atoms with Crippen molar-refractivity contribution in [1.29, 1.82) is 0 Å². The number of carbonyl (C=O) groups is 2. The van der Waals surface area contributed by atoms with Crippen molar-refractivity contribution in [2.24, 2.45) is 0 Å². The molecule has 0 fully saturated rings. The molecule has 2 rings (SSSR count). The molecular formula is C25H33Cl2N3O4S. The van der Waals surface area contributed by atoms with Gasteiger partial charge in [0.1, 0.15) is 6.04 Å². The molecule has 1 N–H and O–H groups in total. The topological polar surface area (TPSA) is 86.8 Å². The highest BCUT2D eigenvalue weighted by molar-refractivity contribution is 7.92. The van der Waals surface area contributed by atoms with Gasteiger partial charge in [0.05, 0.1) is 11.9 Å². The van der Waals surface area contributed by atoms with E-state index in [0.29, 0.717) is 15.7 Å². The molecule has 0 aliphatic heterocycles. The molecule has 2 aromatic rings. The van der Waals surface area contributed by atoms with Gasteiger partial charge < -0.3 is 10.2 Å². The zero-order chi connectivity index (χ0) is 26.2. The number of rotatable bonds is 12. The summed E-state index contributed by atoms with van der Waals surface area (Å²) >= 11 is 12.2. The minimum absolute atomic E-state index is 0.0232. The van der Waals surface area contributed by atoms with Crippen LogP contribution in [0.4, 0.5) is 5.69 Å². The third-order valence-corrected chi connectivity index (χ3v) is 7.55. The maximum atomic E-state index is 13.3. The molecule has 2 atom stereocenters. The molecule has 35 heavy (non-hydrogen) atoms. The molecule has 0 aliphatic carbocycles. The van der Waals surface area contributed by atoms with E-state index in [1.54, 1.807) is 43.3 Å².